The molecule has 1 N–H and O–H groups in total. The number of para-hydroxylation sites is 1. The van der Waals surface area contributed by atoms with Crippen molar-refractivity contribution in [3.05, 3.63) is 53.6 Å². The number of nitrogens with zero attached hydrogens (tertiary/aromatic N) is 1. The van der Waals surface area contributed by atoms with Crippen molar-refractivity contribution in [1.82, 2.24) is 0 Å². The van der Waals surface area contributed by atoms with Crippen LogP contribution in [0.4, 0.5) is 11.4 Å². The number of rotatable bonds is 5. The van der Waals surface area contributed by atoms with Crippen LogP contribution < -0.4 is 9.62 Å². The van der Waals surface area contributed by atoms with Crippen LogP contribution in [0.5, 0.6) is 0 Å². The van der Waals surface area contributed by atoms with E-state index in [1.54, 1.807) is 0 Å². The molecule has 0 radical (unpaired) electrons. The molecule has 0 aliphatic carbocycles. The third-order valence-electron chi connectivity index (χ3n) is 4.66. The number of amides is 2. The number of anilines is 2. The summed E-state index contributed by atoms with van der Waals surface area (Å²) in [7, 11) is -3.78. The van der Waals surface area contributed by atoms with Gasteiger partial charge in [-0.1, -0.05) is 25.1 Å². The number of hydrogen-bond acceptors (Lipinski definition) is 4. The zero-order chi connectivity index (χ0) is 19.6. The molecule has 27 heavy (non-hydrogen) atoms. The molecule has 7 heteroatoms. The van der Waals surface area contributed by atoms with Gasteiger partial charge >= 0.3 is 0 Å². The third kappa shape index (κ3) is 3.88. The van der Waals surface area contributed by atoms with Gasteiger partial charge in [-0.05, 0) is 55.2 Å². The van der Waals surface area contributed by atoms with Gasteiger partial charge in [0, 0.05) is 12.8 Å². The number of imide groups is 1. The molecule has 1 aliphatic rings. The van der Waals surface area contributed by atoms with Gasteiger partial charge in [0.05, 0.1) is 16.3 Å². The van der Waals surface area contributed by atoms with Crippen molar-refractivity contribution in [1.29, 1.82) is 0 Å². The number of sulfonamides is 1. The highest BCUT2D eigenvalue weighted by Crippen LogP contribution is 2.27. The van der Waals surface area contributed by atoms with Crippen molar-refractivity contribution >= 4 is 33.2 Å². The Morgan fingerprint density at radius 2 is 1.63 bits per heavy atom. The Kier molecular flexibility index (Phi) is 5.32. The number of hydrogen-bond donors (Lipinski definition) is 1. The molecule has 0 saturated carbocycles. The number of carbonyl (C=O) groups is 2. The fourth-order valence-electron chi connectivity index (χ4n) is 3.18. The smallest absolute Gasteiger partial charge is 0.261 e. The molecule has 2 amide bonds. The van der Waals surface area contributed by atoms with Gasteiger partial charge in [-0.25, -0.2) is 8.42 Å². The van der Waals surface area contributed by atoms with Crippen LogP contribution in [-0.4, -0.2) is 20.2 Å². The molecular formula is C20H22N2O4S. The third-order valence-corrected chi connectivity index (χ3v) is 6.03. The second-order valence-corrected chi connectivity index (χ2v) is 8.22. The molecule has 0 aromatic heterocycles. The Labute approximate surface area is 159 Å². The fraction of sp³-hybridized carbons (Fsp3) is 0.300. The minimum Gasteiger partial charge on any atom is -0.279 e. The number of benzene rings is 2. The van der Waals surface area contributed by atoms with Crippen molar-refractivity contribution in [2.75, 3.05) is 9.62 Å². The molecule has 1 heterocycles. The molecule has 0 bridgehead atoms. The minimum absolute atomic E-state index is 0.0773. The summed E-state index contributed by atoms with van der Waals surface area (Å²) < 4.78 is 28.2. The highest BCUT2D eigenvalue weighted by Gasteiger charge is 2.27. The Bertz CT molecular complexity index is 966. The highest BCUT2D eigenvalue weighted by atomic mass is 32.2. The van der Waals surface area contributed by atoms with Crippen molar-refractivity contribution in [3.63, 3.8) is 0 Å². The lowest BCUT2D eigenvalue weighted by Gasteiger charge is -2.25. The molecule has 3 rings (SSSR count). The van der Waals surface area contributed by atoms with Crippen molar-refractivity contribution < 1.29 is 18.0 Å². The number of carbonyl (C=O) groups excluding carboxylic acids is 2. The Morgan fingerprint density at radius 1 is 1.00 bits per heavy atom. The molecular weight excluding hydrogens is 364 g/mol. The second-order valence-electron chi connectivity index (χ2n) is 6.54. The predicted molar refractivity (Wildman–Crippen MR) is 104 cm³/mol. The summed E-state index contributed by atoms with van der Waals surface area (Å²) in [5.41, 5.74) is 2.75. The minimum atomic E-state index is -3.78. The maximum absolute atomic E-state index is 12.8. The predicted octanol–water partition coefficient (Wildman–Crippen LogP) is 3.40. The first-order valence-electron chi connectivity index (χ1n) is 8.90. The van der Waals surface area contributed by atoms with Gasteiger partial charge in [0.15, 0.2) is 0 Å². The van der Waals surface area contributed by atoms with E-state index in [1.807, 2.05) is 32.0 Å². The van der Waals surface area contributed by atoms with Crippen LogP contribution in [0.25, 0.3) is 0 Å². The summed E-state index contributed by atoms with van der Waals surface area (Å²) >= 11 is 0. The van der Waals surface area contributed by atoms with E-state index in [2.05, 4.69) is 4.72 Å². The molecule has 0 spiro atoms. The summed E-state index contributed by atoms with van der Waals surface area (Å²) in [5, 5.41) is 0. The standard InChI is InChI=1S/C20H22N2O4S/c1-3-15-7-4-6-14(2)20(15)21-27(25,26)17-12-10-16(11-13-17)22-18(23)8-5-9-19(22)24/h4,6-7,10-13,21H,3,5,8-9H2,1-2H3. The lowest BCUT2D eigenvalue weighted by Crippen LogP contribution is -2.40. The van der Waals surface area contributed by atoms with Crippen molar-refractivity contribution in [3.8, 4) is 0 Å². The van der Waals surface area contributed by atoms with E-state index >= 15 is 0 Å². The van der Waals surface area contributed by atoms with Gasteiger partial charge < -0.3 is 0 Å². The number of nitrogens with one attached hydrogen (secondary N) is 1. The normalized spacial score (nSPS) is 15.1. The van der Waals surface area contributed by atoms with Crippen LogP contribution in [0, 0.1) is 6.92 Å². The Hall–Kier alpha value is -2.67. The molecule has 1 fully saturated rings. The molecule has 2 aromatic carbocycles. The molecule has 1 aliphatic heterocycles. The van der Waals surface area contributed by atoms with Gasteiger partial charge in [0.1, 0.15) is 0 Å². The van der Waals surface area contributed by atoms with Crippen LogP contribution >= 0.6 is 0 Å². The molecule has 2 aromatic rings. The first kappa shape index (κ1) is 19.1. The second kappa shape index (κ2) is 7.52. The first-order chi connectivity index (χ1) is 12.8. The molecule has 142 valence electrons. The topological polar surface area (TPSA) is 83.6 Å². The lowest BCUT2D eigenvalue weighted by molar-refractivity contribution is -0.129. The van der Waals surface area contributed by atoms with Gasteiger partial charge in [-0.2, -0.15) is 0 Å². The Balaban J connectivity index is 1.88. The van der Waals surface area contributed by atoms with E-state index in [1.165, 1.54) is 24.3 Å². The van der Waals surface area contributed by atoms with Crippen LogP contribution in [0.1, 0.15) is 37.3 Å². The first-order valence-corrected chi connectivity index (χ1v) is 10.4. The highest BCUT2D eigenvalue weighted by molar-refractivity contribution is 7.92. The van der Waals surface area contributed by atoms with Crippen LogP contribution in [0.15, 0.2) is 47.4 Å². The van der Waals surface area contributed by atoms with E-state index in [-0.39, 0.29) is 16.7 Å². The average molecular weight is 386 g/mol. The SMILES string of the molecule is CCc1cccc(C)c1NS(=O)(=O)c1ccc(N2C(=O)CCCC2=O)cc1. The van der Waals surface area contributed by atoms with E-state index in [9.17, 15) is 18.0 Å². The van der Waals surface area contributed by atoms with Gasteiger partial charge in [-0.3, -0.25) is 19.2 Å². The summed E-state index contributed by atoms with van der Waals surface area (Å²) in [4.78, 5) is 25.2. The zero-order valence-electron chi connectivity index (χ0n) is 15.4. The van der Waals surface area contributed by atoms with E-state index in [0.717, 1.165) is 16.0 Å². The molecule has 6 nitrogen and oxygen atoms in total. The van der Waals surface area contributed by atoms with Gasteiger partial charge in [-0.15, -0.1) is 0 Å². The Morgan fingerprint density at radius 3 is 2.22 bits per heavy atom. The monoisotopic (exact) mass is 386 g/mol. The molecule has 0 unspecified atom stereocenters. The zero-order valence-corrected chi connectivity index (χ0v) is 16.2. The number of piperidine rings is 1. The molecule has 0 atom stereocenters. The lowest BCUT2D eigenvalue weighted by atomic mass is 10.1. The average Bonchev–Trinajstić information content (AvgIpc) is 2.63. The van der Waals surface area contributed by atoms with Crippen LogP contribution in [-0.2, 0) is 26.0 Å². The van der Waals surface area contributed by atoms with Crippen molar-refractivity contribution in [2.24, 2.45) is 0 Å². The summed E-state index contributed by atoms with van der Waals surface area (Å²) in [6.45, 7) is 3.82. The van der Waals surface area contributed by atoms with Gasteiger partial charge in [0.25, 0.3) is 10.0 Å². The molecule has 1 saturated heterocycles. The van der Waals surface area contributed by atoms with E-state index in [4.69, 9.17) is 0 Å². The fourth-order valence-corrected chi connectivity index (χ4v) is 4.35. The number of aryl methyl sites for hydroxylation is 2. The summed E-state index contributed by atoms with van der Waals surface area (Å²) in [5.74, 6) is -0.514. The maximum atomic E-state index is 12.8. The van der Waals surface area contributed by atoms with E-state index in [0.29, 0.717) is 37.1 Å². The quantitative estimate of drug-likeness (QED) is 0.798. The summed E-state index contributed by atoms with van der Waals surface area (Å²) in [6, 6.07) is 11.5. The van der Waals surface area contributed by atoms with Crippen molar-refractivity contribution in [2.45, 2.75) is 44.4 Å². The van der Waals surface area contributed by atoms with Crippen LogP contribution in [0.3, 0.4) is 0 Å². The maximum Gasteiger partial charge on any atom is 0.261 e. The summed E-state index contributed by atoms with van der Waals surface area (Å²) in [6.07, 6.45) is 1.90. The van der Waals surface area contributed by atoms with E-state index < -0.39 is 10.0 Å². The largest absolute Gasteiger partial charge is 0.279 e. The van der Waals surface area contributed by atoms with Gasteiger partial charge in [0.2, 0.25) is 11.8 Å². The van der Waals surface area contributed by atoms with Crippen LogP contribution in [0.2, 0.25) is 0 Å².